The minimum absolute atomic E-state index is 0.197. The van der Waals surface area contributed by atoms with Crippen molar-refractivity contribution in [2.24, 2.45) is 5.73 Å². The summed E-state index contributed by atoms with van der Waals surface area (Å²) < 4.78 is 10.5. The van der Waals surface area contributed by atoms with E-state index in [0.717, 1.165) is 5.69 Å². The highest BCUT2D eigenvalue weighted by atomic mass is 35.5. The topological polar surface area (TPSA) is 64.8 Å². The van der Waals surface area contributed by atoms with Crippen LogP contribution in [0.15, 0.2) is 42.5 Å². The van der Waals surface area contributed by atoms with E-state index in [1.807, 2.05) is 0 Å². The summed E-state index contributed by atoms with van der Waals surface area (Å²) in [7, 11) is 3.08. The van der Waals surface area contributed by atoms with Crippen LogP contribution in [-0.2, 0) is 0 Å². The fraction of sp³-hybridized carbons (Fsp3) is 0.235. The largest absolute Gasteiger partial charge is 0.497 e. The van der Waals surface area contributed by atoms with Crippen LogP contribution in [0.3, 0.4) is 0 Å². The van der Waals surface area contributed by atoms with Crippen LogP contribution in [0.1, 0.15) is 10.4 Å². The van der Waals surface area contributed by atoms with Crippen LogP contribution in [0.25, 0.3) is 0 Å². The zero-order valence-corrected chi connectivity index (χ0v) is 13.8. The normalized spacial score (nSPS) is 10.3. The van der Waals surface area contributed by atoms with Gasteiger partial charge in [-0.1, -0.05) is 11.6 Å². The highest BCUT2D eigenvalue weighted by Gasteiger charge is 2.21. The molecule has 2 rings (SSSR count). The molecule has 0 aromatic heterocycles. The Balaban J connectivity index is 2.39. The number of hydrogen-bond acceptors (Lipinski definition) is 4. The molecule has 6 heteroatoms. The van der Waals surface area contributed by atoms with E-state index in [2.05, 4.69) is 0 Å². The van der Waals surface area contributed by atoms with E-state index in [0.29, 0.717) is 35.2 Å². The first-order valence-electron chi connectivity index (χ1n) is 7.10. The van der Waals surface area contributed by atoms with Gasteiger partial charge in [-0.2, -0.15) is 0 Å². The second-order valence-corrected chi connectivity index (χ2v) is 5.22. The smallest absolute Gasteiger partial charge is 0.262 e. The Hall–Kier alpha value is -2.24. The molecule has 0 aliphatic heterocycles. The number of benzene rings is 2. The van der Waals surface area contributed by atoms with Gasteiger partial charge in [0.1, 0.15) is 11.5 Å². The minimum atomic E-state index is -0.197. The summed E-state index contributed by atoms with van der Waals surface area (Å²) >= 11 is 5.91. The van der Waals surface area contributed by atoms with Crippen molar-refractivity contribution in [3.05, 3.63) is 53.1 Å². The maximum absolute atomic E-state index is 12.9. The fourth-order valence-corrected chi connectivity index (χ4v) is 2.34. The fourth-order valence-electron chi connectivity index (χ4n) is 2.22. The summed E-state index contributed by atoms with van der Waals surface area (Å²) in [6, 6.07) is 12.1. The zero-order chi connectivity index (χ0) is 16.8. The molecule has 1 amide bonds. The number of methoxy groups -OCH3 is 2. The molecule has 2 aromatic carbocycles. The lowest BCUT2D eigenvalue weighted by Gasteiger charge is -2.23. The summed E-state index contributed by atoms with van der Waals surface area (Å²) in [5.41, 5.74) is 6.82. The molecule has 0 saturated carbocycles. The Labute approximate surface area is 140 Å². The molecule has 0 fully saturated rings. The van der Waals surface area contributed by atoms with Crippen LogP contribution in [0.4, 0.5) is 5.69 Å². The van der Waals surface area contributed by atoms with Gasteiger partial charge in [-0.05, 0) is 36.4 Å². The molecular weight excluding hydrogens is 316 g/mol. The predicted molar refractivity (Wildman–Crippen MR) is 91.7 cm³/mol. The molecule has 0 atom stereocenters. The number of nitrogens with zero attached hydrogens (tertiary/aromatic N) is 1. The monoisotopic (exact) mass is 334 g/mol. The van der Waals surface area contributed by atoms with Gasteiger partial charge in [-0.15, -0.1) is 0 Å². The molecule has 0 radical (unpaired) electrons. The SMILES string of the molecule is COc1ccc(C(=O)N(CCN)c2ccc(Cl)cc2)c(OC)c1. The number of amides is 1. The van der Waals surface area contributed by atoms with Crippen LogP contribution < -0.4 is 20.1 Å². The summed E-state index contributed by atoms with van der Waals surface area (Å²) in [6.45, 7) is 0.725. The summed E-state index contributed by atoms with van der Waals surface area (Å²) in [6.07, 6.45) is 0. The molecule has 0 spiro atoms. The van der Waals surface area contributed by atoms with Gasteiger partial charge in [0.2, 0.25) is 0 Å². The average Bonchev–Trinajstić information content (AvgIpc) is 2.59. The van der Waals surface area contributed by atoms with Gasteiger partial charge >= 0.3 is 0 Å². The van der Waals surface area contributed by atoms with E-state index >= 15 is 0 Å². The summed E-state index contributed by atoms with van der Waals surface area (Å²) in [4.78, 5) is 14.5. The van der Waals surface area contributed by atoms with E-state index < -0.39 is 0 Å². The molecule has 23 heavy (non-hydrogen) atoms. The van der Waals surface area contributed by atoms with Crippen molar-refractivity contribution in [3.8, 4) is 11.5 Å². The number of nitrogens with two attached hydrogens (primary N) is 1. The van der Waals surface area contributed by atoms with Crippen molar-refractivity contribution in [3.63, 3.8) is 0 Å². The highest BCUT2D eigenvalue weighted by Crippen LogP contribution is 2.28. The standard InChI is InChI=1S/C17H19ClN2O3/c1-22-14-7-8-15(16(11-14)23-2)17(21)20(10-9-19)13-5-3-12(18)4-6-13/h3-8,11H,9-10,19H2,1-2H3. The van der Waals surface area contributed by atoms with Crippen molar-refractivity contribution < 1.29 is 14.3 Å². The zero-order valence-electron chi connectivity index (χ0n) is 13.1. The van der Waals surface area contributed by atoms with E-state index in [1.54, 1.807) is 54.5 Å². The number of carbonyl (C=O) groups is 1. The van der Waals surface area contributed by atoms with Gasteiger partial charge in [0.25, 0.3) is 5.91 Å². The first-order valence-corrected chi connectivity index (χ1v) is 7.48. The van der Waals surface area contributed by atoms with Gasteiger partial charge in [0.15, 0.2) is 0 Å². The number of carbonyl (C=O) groups excluding carboxylic acids is 1. The van der Waals surface area contributed by atoms with E-state index in [4.69, 9.17) is 26.8 Å². The second-order valence-electron chi connectivity index (χ2n) is 4.79. The van der Waals surface area contributed by atoms with Crippen molar-refractivity contribution in [1.29, 1.82) is 0 Å². The van der Waals surface area contributed by atoms with Crippen molar-refractivity contribution in [2.75, 3.05) is 32.2 Å². The van der Waals surface area contributed by atoms with Crippen LogP contribution in [-0.4, -0.2) is 33.2 Å². The molecular formula is C17H19ClN2O3. The molecule has 0 aliphatic rings. The Morgan fingerprint density at radius 2 is 1.83 bits per heavy atom. The molecule has 0 bridgehead atoms. The van der Waals surface area contributed by atoms with Crippen molar-refractivity contribution in [2.45, 2.75) is 0 Å². The van der Waals surface area contributed by atoms with E-state index in [1.165, 1.54) is 7.11 Å². The molecule has 0 unspecified atom stereocenters. The quantitative estimate of drug-likeness (QED) is 0.882. The highest BCUT2D eigenvalue weighted by molar-refractivity contribution is 6.30. The number of anilines is 1. The van der Waals surface area contributed by atoms with Gasteiger partial charge in [0.05, 0.1) is 19.8 Å². The van der Waals surface area contributed by atoms with Crippen LogP contribution >= 0.6 is 11.6 Å². The number of halogens is 1. The molecule has 122 valence electrons. The van der Waals surface area contributed by atoms with Gasteiger partial charge in [-0.3, -0.25) is 4.79 Å². The van der Waals surface area contributed by atoms with Gasteiger partial charge in [-0.25, -0.2) is 0 Å². The predicted octanol–water partition coefficient (Wildman–Crippen LogP) is 2.96. The molecule has 0 saturated heterocycles. The maximum Gasteiger partial charge on any atom is 0.262 e. The lowest BCUT2D eigenvalue weighted by molar-refractivity contribution is 0.0984. The number of ether oxygens (including phenoxy) is 2. The van der Waals surface area contributed by atoms with Crippen LogP contribution in [0, 0.1) is 0 Å². The lowest BCUT2D eigenvalue weighted by atomic mass is 10.1. The van der Waals surface area contributed by atoms with Gasteiger partial charge in [0, 0.05) is 29.9 Å². The van der Waals surface area contributed by atoms with Crippen LogP contribution in [0.2, 0.25) is 5.02 Å². The molecule has 2 aromatic rings. The Bertz CT molecular complexity index is 674. The Morgan fingerprint density at radius 3 is 2.39 bits per heavy atom. The summed E-state index contributed by atoms with van der Waals surface area (Å²) in [5.74, 6) is 0.873. The van der Waals surface area contributed by atoms with E-state index in [-0.39, 0.29) is 5.91 Å². The first-order chi connectivity index (χ1) is 11.1. The third kappa shape index (κ3) is 3.94. The van der Waals surface area contributed by atoms with E-state index in [9.17, 15) is 4.79 Å². The Morgan fingerprint density at radius 1 is 1.13 bits per heavy atom. The average molecular weight is 335 g/mol. The Kier molecular flexibility index (Phi) is 5.84. The van der Waals surface area contributed by atoms with Gasteiger partial charge < -0.3 is 20.1 Å². The molecule has 5 nitrogen and oxygen atoms in total. The maximum atomic E-state index is 12.9. The second kappa shape index (κ2) is 7.85. The molecule has 0 heterocycles. The third-order valence-corrected chi connectivity index (χ3v) is 3.63. The lowest BCUT2D eigenvalue weighted by Crippen LogP contribution is -2.35. The van der Waals surface area contributed by atoms with Crippen LogP contribution in [0.5, 0.6) is 11.5 Å². The van der Waals surface area contributed by atoms with Crippen molar-refractivity contribution in [1.82, 2.24) is 0 Å². The molecule has 2 N–H and O–H groups in total. The van der Waals surface area contributed by atoms with Crippen molar-refractivity contribution >= 4 is 23.2 Å². The molecule has 0 aliphatic carbocycles. The number of rotatable bonds is 6. The summed E-state index contributed by atoms with van der Waals surface area (Å²) in [5, 5.41) is 0.607. The third-order valence-electron chi connectivity index (χ3n) is 3.38. The minimum Gasteiger partial charge on any atom is -0.497 e. The number of hydrogen-bond donors (Lipinski definition) is 1. The first kappa shape index (κ1) is 17.1.